The van der Waals surface area contributed by atoms with Crippen LogP contribution in [0, 0.1) is 6.92 Å². The van der Waals surface area contributed by atoms with Gasteiger partial charge in [-0.1, -0.05) is 35.5 Å². The van der Waals surface area contributed by atoms with Crippen LogP contribution >= 0.6 is 0 Å². The number of carbonyl (C=O) groups excluding carboxylic acids is 1. The average molecular weight is 409 g/mol. The van der Waals surface area contributed by atoms with Gasteiger partial charge in [0.1, 0.15) is 17.5 Å². The van der Waals surface area contributed by atoms with Gasteiger partial charge >= 0.3 is 0 Å². The Balaban J connectivity index is 1.59. The largest absolute Gasteiger partial charge is 0.497 e. The Labute approximate surface area is 176 Å². The second-order valence-electron chi connectivity index (χ2n) is 6.97. The fraction of sp³-hybridized carbons (Fsp3) is 0.348. The third-order valence-electron chi connectivity index (χ3n) is 4.84. The summed E-state index contributed by atoms with van der Waals surface area (Å²) in [6.07, 6.45) is 3.03. The van der Waals surface area contributed by atoms with Crippen molar-refractivity contribution in [1.29, 1.82) is 0 Å². The van der Waals surface area contributed by atoms with E-state index in [1.54, 1.807) is 21.1 Å². The molecule has 1 atom stereocenters. The van der Waals surface area contributed by atoms with E-state index < -0.39 is 6.04 Å². The van der Waals surface area contributed by atoms with Crippen LogP contribution in [0.3, 0.4) is 0 Å². The third-order valence-corrected chi connectivity index (χ3v) is 4.84. The Morgan fingerprint density at radius 2 is 1.83 bits per heavy atom. The van der Waals surface area contributed by atoms with Crippen LogP contribution < -0.4 is 14.8 Å². The van der Waals surface area contributed by atoms with Crippen molar-refractivity contribution >= 4 is 5.91 Å². The summed E-state index contributed by atoms with van der Waals surface area (Å²) < 4.78 is 15.8. The lowest BCUT2D eigenvalue weighted by atomic mass is 10.0. The van der Waals surface area contributed by atoms with E-state index in [9.17, 15) is 4.79 Å². The first-order valence-electron chi connectivity index (χ1n) is 9.96. The summed E-state index contributed by atoms with van der Waals surface area (Å²) in [5, 5.41) is 7.04. The monoisotopic (exact) mass is 409 g/mol. The molecule has 1 aromatic heterocycles. The number of ether oxygens (including phenoxy) is 2. The van der Waals surface area contributed by atoms with Gasteiger partial charge in [-0.2, -0.15) is 4.98 Å². The molecule has 3 rings (SSSR count). The van der Waals surface area contributed by atoms with Gasteiger partial charge in [0.25, 0.3) is 0 Å². The Bertz CT molecular complexity index is 953. The number of hydrogen-bond acceptors (Lipinski definition) is 6. The van der Waals surface area contributed by atoms with E-state index in [1.807, 2.05) is 36.4 Å². The van der Waals surface area contributed by atoms with Crippen LogP contribution in [0.25, 0.3) is 0 Å². The van der Waals surface area contributed by atoms with Gasteiger partial charge in [0.2, 0.25) is 11.8 Å². The maximum atomic E-state index is 12.6. The molecule has 0 aliphatic rings. The molecule has 7 heteroatoms. The number of nitrogens with zero attached hydrogens (tertiary/aromatic N) is 2. The molecule has 0 fully saturated rings. The van der Waals surface area contributed by atoms with Gasteiger partial charge in [-0.25, -0.2) is 0 Å². The topological polar surface area (TPSA) is 86.5 Å². The number of benzene rings is 2. The van der Waals surface area contributed by atoms with Crippen LogP contribution in [0.4, 0.5) is 0 Å². The van der Waals surface area contributed by atoms with Crippen molar-refractivity contribution in [2.24, 2.45) is 0 Å². The molecule has 0 radical (unpaired) electrons. The number of para-hydroxylation sites is 1. The Kier molecular flexibility index (Phi) is 7.43. The lowest BCUT2D eigenvalue weighted by molar-refractivity contribution is -0.121. The Hall–Kier alpha value is -3.35. The number of hydrogen-bond donors (Lipinski definition) is 1. The van der Waals surface area contributed by atoms with Crippen LogP contribution in [0.2, 0.25) is 0 Å². The molecule has 1 heterocycles. The second kappa shape index (κ2) is 10.4. The van der Waals surface area contributed by atoms with Crippen molar-refractivity contribution in [2.75, 3.05) is 14.2 Å². The molecular weight excluding hydrogens is 382 g/mol. The van der Waals surface area contributed by atoms with Crippen LogP contribution in [0.15, 0.2) is 53.1 Å². The quantitative estimate of drug-likeness (QED) is 0.509. The molecule has 158 valence electrons. The number of amides is 1. The summed E-state index contributed by atoms with van der Waals surface area (Å²) in [7, 11) is 3.25. The molecule has 0 aliphatic heterocycles. The van der Waals surface area contributed by atoms with Gasteiger partial charge in [0.15, 0.2) is 5.82 Å². The number of methoxy groups -OCH3 is 2. The van der Waals surface area contributed by atoms with E-state index >= 15 is 0 Å². The first-order valence-corrected chi connectivity index (χ1v) is 9.96. The normalized spacial score (nSPS) is 11.7. The smallest absolute Gasteiger partial charge is 0.223 e. The van der Waals surface area contributed by atoms with Gasteiger partial charge < -0.3 is 19.3 Å². The van der Waals surface area contributed by atoms with E-state index in [1.165, 1.54) is 5.56 Å². The molecule has 1 amide bonds. The average Bonchev–Trinajstić information content (AvgIpc) is 3.21. The summed E-state index contributed by atoms with van der Waals surface area (Å²) in [5.74, 6) is 2.28. The Morgan fingerprint density at radius 1 is 1.07 bits per heavy atom. The van der Waals surface area contributed by atoms with E-state index in [2.05, 4.69) is 27.6 Å². The van der Waals surface area contributed by atoms with Crippen LogP contribution in [-0.2, 0) is 11.2 Å². The highest BCUT2D eigenvalue weighted by Crippen LogP contribution is 2.28. The lowest BCUT2D eigenvalue weighted by Crippen LogP contribution is -2.30. The number of aromatic nitrogens is 2. The molecule has 3 aromatic rings. The van der Waals surface area contributed by atoms with Gasteiger partial charge in [0, 0.05) is 18.9 Å². The van der Waals surface area contributed by atoms with Crippen molar-refractivity contribution in [3.8, 4) is 11.5 Å². The molecule has 7 nitrogen and oxygen atoms in total. The number of aryl methyl sites for hydroxylation is 2. The number of rotatable bonds is 10. The highest BCUT2D eigenvalue weighted by Gasteiger charge is 2.24. The summed E-state index contributed by atoms with van der Waals surface area (Å²) in [4.78, 5) is 17.0. The minimum Gasteiger partial charge on any atom is -0.497 e. The summed E-state index contributed by atoms with van der Waals surface area (Å²) in [6.45, 7) is 1.72. The zero-order valence-corrected chi connectivity index (χ0v) is 17.6. The third kappa shape index (κ3) is 5.59. The fourth-order valence-electron chi connectivity index (χ4n) is 3.26. The predicted octanol–water partition coefficient (Wildman–Crippen LogP) is 4.01. The minimum absolute atomic E-state index is 0.0666. The van der Waals surface area contributed by atoms with Crippen molar-refractivity contribution in [3.05, 3.63) is 71.4 Å². The van der Waals surface area contributed by atoms with Crippen LogP contribution in [0.1, 0.15) is 48.1 Å². The lowest BCUT2D eigenvalue weighted by Gasteiger charge is -2.18. The molecular formula is C23H27N3O4. The number of unbranched alkanes of at least 4 members (excludes halogenated alkanes) is 1. The summed E-state index contributed by atoms with van der Waals surface area (Å²) >= 11 is 0. The zero-order chi connectivity index (χ0) is 21.3. The van der Waals surface area contributed by atoms with Gasteiger partial charge in [-0.05, 0) is 43.0 Å². The highest BCUT2D eigenvalue weighted by molar-refractivity contribution is 5.77. The fourth-order valence-corrected chi connectivity index (χ4v) is 3.26. The van der Waals surface area contributed by atoms with Crippen molar-refractivity contribution in [1.82, 2.24) is 15.5 Å². The maximum Gasteiger partial charge on any atom is 0.223 e. The van der Waals surface area contributed by atoms with E-state index in [0.29, 0.717) is 23.9 Å². The molecule has 2 aromatic carbocycles. The molecule has 0 spiro atoms. The van der Waals surface area contributed by atoms with Crippen molar-refractivity contribution in [2.45, 2.75) is 38.6 Å². The van der Waals surface area contributed by atoms with E-state index in [4.69, 9.17) is 14.0 Å². The molecule has 0 bridgehead atoms. The molecule has 0 aliphatic carbocycles. The van der Waals surface area contributed by atoms with Crippen LogP contribution in [0.5, 0.6) is 11.5 Å². The molecule has 1 N–H and O–H groups in total. The van der Waals surface area contributed by atoms with E-state index in [-0.39, 0.29) is 5.91 Å². The number of carbonyl (C=O) groups is 1. The van der Waals surface area contributed by atoms with Gasteiger partial charge in [-0.15, -0.1) is 0 Å². The zero-order valence-electron chi connectivity index (χ0n) is 17.6. The predicted molar refractivity (Wildman–Crippen MR) is 113 cm³/mol. The van der Waals surface area contributed by atoms with E-state index in [0.717, 1.165) is 30.6 Å². The minimum atomic E-state index is -0.535. The summed E-state index contributed by atoms with van der Waals surface area (Å²) in [6, 6.07) is 15.0. The SMILES string of the molecule is COc1ccc(CCCCC(=O)NC(c2noc(C)n2)c2ccccc2OC)cc1. The maximum absolute atomic E-state index is 12.6. The van der Waals surface area contributed by atoms with Gasteiger partial charge in [0.05, 0.1) is 14.2 Å². The molecule has 0 saturated heterocycles. The summed E-state index contributed by atoms with van der Waals surface area (Å²) in [5.41, 5.74) is 2.01. The van der Waals surface area contributed by atoms with Gasteiger partial charge in [-0.3, -0.25) is 4.79 Å². The van der Waals surface area contributed by atoms with Crippen molar-refractivity contribution < 1.29 is 18.8 Å². The number of nitrogens with one attached hydrogen (secondary N) is 1. The molecule has 0 saturated carbocycles. The first-order chi connectivity index (χ1) is 14.6. The van der Waals surface area contributed by atoms with Crippen molar-refractivity contribution in [3.63, 3.8) is 0 Å². The highest BCUT2D eigenvalue weighted by atomic mass is 16.5. The molecule has 1 unspecified atom stereocenters. The Morgan fingerprint density at radius 3 is 2.50 bits per heavy atom. The first kappa shape index (κ1) is 21.4. The standard InChI is InChI=1S/C23H27N3O4/c1-16-24-23(26-30-16)22(19-9-5-6-10-20(19)29-3)25-21(27)11-7-4-8-17-12-14-18(28-2)15-13-17/h5-6,9-10,12-15,22H,4,7-8,11H2,1-3H3,(H,25,27). The molecule has 30 heavy (non-hydrogen) atoms. The van der Waals surface area contributed by atoms with Crippen LogP contribution in [-0.4, -0.2) is 30.3 Å². The second-order valence-corrected chi connectivity index (χ2v) is 6.97.